The summed E-state index contributed by atoms with van der Waals surface area (Å²) in [6.07, 6.45) is 0.684. The summed E-state index contributed by atoms with van der Waals surface area (Å²) in [5, 5.41) is 3.41. The van der Waals surface area contributed by atoms with Crippen LogP contribution >= 0.6 is 23.2 Å². The number of halogens is 2. The second-order valence-corrected chi connectivity index (χ2v) is 5.44. The van der Waals surface area contributed by atoms with Gasteiger partial charge >= 0.3 is 0 Å². The maximum absolute atomic E-state index is 12.2. The first-order chi connectivity index (χ1) is 8.39. The van der Waals surface area contributed by atoms with E-state index in [0.717, 1.165) is 0 Å². The summed E-state index contributed by atoms with van der Waals surface area (Å²) < 4.78 is 5.15. The van der Waals surface area contributed by atoms with Gasteiger partial charge in [-0.2, -0.15) is 0 Å². The molecule has 0 aliphatic carbocycles. The van der Waals surface area contributed by atoms with E-state index in [4.69, 9.17) is 27.9 Å². The van der Waals surface area contributed by atoms with E-state index in [9.17, 15) is 4.79 Å². The molecule has 5 heteroatoms. The topological polar surface area (TPSA) is 38.3 Å². The highest BCUT2D eigenvalue weighted by atomic mass is 35.5. The third-order valence-corrected chi connectivity index (χ3v) is 3.00. The molecule has 0 radical (unpaired) electrons. The SMILES string of the molecule is COc1ccc(Cl)cc1C(=O)NC(C)(C)CCCl. The first kappa shape index (κ1) is 15.1. The van der Waals surface area contributed by atoms with Gasteiger partial charge in [0.15, 0.2) is 0 Å². The Bertz CT molecular complexity index is 433. The molecular formula is C13H17Cl2NO2. The number of hydrogen-bond donors (Lipinski definition) is 1. The van der Waals surface area contributed by atoms with E-state index < -0.39 is 0 Å². The molecule has 1 rings (SSSR count). The Kier molecular flexibility index (Phi) is 5.29. The van der Waals surface area contributed by atoms with Crippen molar-refractivity contribution in [3.05, 3.63) is 28.8 Å². The lowest BCUT2D eigenvalue weighted by Crippen LogP contribution is -2.43. The van der Waals surface area contributed by atoms with Gasteiger partial charge in [0, 0.05) is 16.4 Å². The molecule has 0 saturated carbocycles. The van der Waals surface area contributed by atoms with Crippen LogP contribution in [-0.4, -0.2) is 24.4 Å². The molecule has 1 N–H and O–H groups in total. The molecular weight excluding hydrogens is 273 g/mol. The number of carbonyl (C=O) groups is 1. The van der Waals surface area contributed by atoms with Crippen LogP contribution in [0.25, 0.3) is 0 Å². The van der Waals surface area contributed by atoms with Gasteiger partial charge in [-0.1, -0.05) is 11.6 Å². The second kappa shape index (κ2) is 6.30. The second-order valence-electron chi connectivity index (χ2n) is 4.62. The third-order valence-electron chi connectivity index (χ3n) is 2.58. The van der Waals surface area contributed by atoms with E-state index in [0.29, 0.717) is 28.6 Å². The van der Waals surface area contributed by atoms with Crippen LogP contribution in [0.15, 0.2) is 18.2 Å². The summed E-state index contributed by atoms with van der Waals surface area (Å²) in [4.78, 5) is 12.2. The van der Waals surface area contributed by atoms with Crippen LogP contribution in [0.1, 0.15) is 30.6 Å². The molecule has 0 heterocycles. The van der Waals surface area contributed by atoms with E-state index in [1.807, 2.05) is 13.8 Å². The minimum Gasteiger partial charge on any atom is -0.496 e. The zero-order valence-corrected chi connectivity index (χ0v) is 12.2. The first-order valence-corrected chi connectivity index (χ1v) is 6.53. The lowest BCUT2D eigenvalue weighted by molar-refractivity contribution is 0.0908. The van der Waals surface area contributed by atoms with Crippen molar-refractivity contribution in [2.75, 3.05) is 13.0 Å². The Morgan fingerprint density at radius 1 is 1.44 bits per heavy atom. The van der Waals surface area contributed by atoms with Gasteiger partial charge in [0.25, 0.3) is 5.91 Å². The normalized spacial score (nSPS) is 11.2. The summed E-state index contributed by atoms with van der Waals surface area (Å²) in [7, 11) is 1.52. The number of hydrogen-bond acceptors (Lipinski definition) is 2. The summed E-state index contributed by atoms with van der Waals surface area (Å²) in [6.45, 7) is 3.84. The minimum absolute atomic E-state index is 0.218. The predicted octanol–water partition coefficient (Wildman–Crippen LogP) is 3.49. The minimum atomic E-state index is -0.369. The Morgan fingerprint density at radius 2 is 2.11 bits per heavy atom. The monoisotopic (exact) mass is 289 g/mol. The van der Waals surface area contributed by atoms with Crippen LogP contribution < -0.4 is 10.1 Å². The van der Waals surface area contributed by atoms with Gasteiger partial charge in [0.05, 0.1) is 12.7 Å². The van der Waals surface area contributed by atoms with Crippen LogP contribution in [0.4, 0.5) is 0 Å². The van der Waals surface area contributed by atoms with E-state index in [-0.39, 0.29) is 11.4 Å². The fourth-order valence-electron chi connectivity index (χ4n) is 1.53. The molecule has 0 spiro atoms. The third kappa shape index (κ3) is 4.07. The summed E-state index contributed by atoms with van der Waals surface area (Å²) in [6, 6.07) is 4.94. The van der Waals surface area contributed by atoms with Crippen molar-refractivity contribution >= 4 is 29.1 Å². The van der Waals surface area contributed by atoms with E-state index in [2.05, 4.69) is 5.32 Å². The number of amides is 1. The van der Waals surface area contributed by atoms with Crippen LogP contribution in [-0.2, 0) is 0 Å². The highest BCUT2D eigenvalue weighted by Crippen LogP contribution is 2.23. The van der Waals surface area contributed by atoms with Gasteiger partial charge < -0.3 is 10.1 Å². The molecule has 1 aromatic carbocycles. The number of rotatable bonds is 5. The zero-order valence-electron chi connectivity index (χ0n) is 10.7. The fourth-order valence-corrected chi connectivity index (χ4v) is 2.18. The van der Waals surface area contributed by atoms with Crippen molar-refractivity contribution in [3.63, 3.8) is 0 Å². The quantitative estimate of drug-likeness (QED) is 0.843. The van der Waals surface area contributed by atoms with Gasteiger partial charge in [0.1, 0.15) is 5.75 Å². The summed E-state index contributed by atoms with van der Waals surface area (Å²) in [5.41, 5.74) is 0.0549. The molecule has 0 unspecified atom stereocenters. The Labute approximate surface area is 117 Å². The van der Waals surface area contributed by atoms with Gasteiger partial charge in [-0.05, 0) is 38.5 Å². The maximum atomic E-state index is 12.2. The Hall–Kier alpha value is -0.930. The number of ether oxygens (including phenoxy) is 1. The highest BCUT2D eigenvalue weighted by Gasteiger charge is 2.22. The fraction of sp³-hybridized carbons (Fsp3) is 0.462. The van der Waals surface area contributed by atoms with Gasteiger partial charge in [-0.15, -0.1) is 11.6 Å². The summed E-state index contributed by atoms with van der Waals surface area (Å²) in [5.74, 6) is 0.767. The van der Waals surface area contributed by atoms with Crippen LogP contribution in [0.3, 0.4) is 0 Å². The standard InChI is InChI=1S/C13H17Cl2NO2/c1-13(2,6-7-14)16-12(17)10-8-9(15)4-5-11(10)18-3/h4-5,8H,6-7H2,1-3H3,(H,16,17). The average Bonchev–Trinajstić information content (AvgIpc) is 2.28. The molecule has 0 bridgehead atoms. The molecule has 0 saturated heterocycles. The number of alkyl halides is 1. The van der Waals surface area contributed by atoms with Gasteiger partial charge in [-0.25, -0.2) is 0 Å². The number of nitrogens with one attached hydrogen (secondary N) is 1. The van der Waals surface area contributed by atoms with Crippen LogP contribution in [0.2, 0.25) is 5.02 Å². The zero-order chi connectivity index (χ0) is 13.8. The summed E-state index contributed by atoms with van der Waals surface area (Å²) >= 11 is 11.6. The van der Waals surface area contributed by atoms with Crippen molar-refractivity contribution < 1.29 is 9.53 Å². The van der Waals surface area contributed by atoms with E-state index >= 15 is 0 Å². The highest BCUT2D eigenvalue weighted by molar-refractivity contribution is 6.31. The molecule has 3 nitrogen and oxygen atoms in total. The van der Waals surface area contributed by atoms with E-state index in [1.165, 1.54) is 7.11 Å². The molecule has 0 atom stereocenters. The molecule has 0 fully saturated rings. The predicted molar refractivity (Wildman–Crippen MR) is 74.9 cm³/mol. The van der Waals surface area contributed by atoms with Crippen molar-refractivity contribution in [3.8, 4) is 5.75 Å². The molecule has 0 aliphatic rings. The number of carbonyl (C=O) groups excluding carboxylic acids is 1. The van der Waals surface area contributed by atoms with Crippen LogP contribution in [0, 0.1) is 0 Å². The average molecular weight is 290 g/mol. The molecule has 0 aliphatic heterocycles. The lowest BCUT2D eigenvalue weighted by atomic mass is 10.0. The van der Waals surface area contributed by atoms with Crippen molar-refractivity contribution in [2.24, 2.45) is 0 Å². The van der Waals surface area contributed by atoms with Crippen molar-refractivity contribution in [2.45, 2.75) is 25.8 Å². The van der Waals surface area contributed by atoms with E-state index in [1.54, 1.807) is 18.2 Å². The first-order valence-electron chi connectivity index (χ1n) is 5.61. The van der Waals surface area contributed by atoms with Crippen molar-refractivity contribution in [1.82, 2.24) is 5.32 Å². The smallest absolute Gasteiger partial charge is 0.255 e. The van der Waals surface area contributed by atoms with Gasteiger partial charge in [-0.3, -0.25) is 4.79 Å². The number of benzene rings is 1. The Balaban J connectivity index is 2.93. The lowest BCUT2D eigenvalue weighted by Gasteiger charge is -2.25. The van der Waals surface area contributed by atoms with Gasteiger partial charge in [0.2, 0.25) is 0 Å². The van der Waals surface area contributed by atoms with Crippen molar-refractivity contribution in [1.29, 1.82) is 0 Å². The maximum Gasteiger partial charge on any atom is 0.255 e. The molecule has 0 aromatic heterocycles. The largest absolute Gasteiger partial charge is 0.496 e. The Morgan fingerprint density at radius 3 is 2.67 bits per heavy atom. The molecule has 1 aromatic rings. The molecule has 1 amide bonds. The molecule has 18 heavy (non-hydrogen) atoms. The van der Waals surface area contributed by atoms with Crippen LogP contribution in [0.5, 0.6) is 5.75 Å². The molecule has 100 valence electrons. The number of methoxy groups -OCH3 is 1.